The molecule has 0 radical (unpaired) electrons. The second-order valence-corrected chi connectivity index (χ2v) is 4.11. The lowest BCUT2D eigenvalue weighted by Gasteiger charge is -1.99. The highest BCUT2D eigenvalue weighted by molar-refractivity contribution is 6.33. The molecule has 0 aliphatic rings. The van der Waals surface area contributed by atoms with Crippen LogP contribution in [0.2, 0.25) is 5.15 Å². The van der Waals surface area contributed by atoms with E-state index in [1.807, 2.05) is 0 Å². The summed E-state index contributed by atoms with van der Waals surface area (Å²) in [6.45, 7) is 0. The molecule has 0 aliphatic heterocycles. The van der Waals surface area contributed by atoms with E-state index < -0.39 is 4.92 Å². The first-order valence-corrected chi connectivity index (χ1v) is 5.63. The lowest BCUT2D eigenvalue weighted by molar-refractivity contribution is -0.384. The van der Waals surface area contributed by atoms with E-state index in [0.29, 0.717) is 21.9 Å². The number of benzene rings is 1. The van der Waals surface area contributed by atoms with Crippen molar-refractivity contribution in [3.8, 4) is 5.69 Å². The van der Waals surface area contributed by atoms with Gasteiger partial charge in [0.05, 0.1) is 16.0 Å². The largest absolute Gasteiger partial charge is 0.269 e. The van der Waals surface area contributed by atoms with Gasteiger partial charge in [-0.05, 0) is 12.1 Å². The Hall–Kier alpha value is -2.54. The molecule has 0 spiro atoms. The summed E-state index contributed by atoms with van der Waals surface area (Å²) in [4.78, 5) is 18.0. The highest BCUT2D eigenvalue weighted by atomic mass is 35.5. The van der Waals surface area contributed by atoms with Crippen molar-refractivity contribution in [2.24, 2.45) is 0 Å². The van der Waals surface area contributed by atoms with Gasteiger partial charge in [0.1, 0.15) is 11.5 Å². The average molecular weight is 276 g/mol. The number of nitro groups is 1. The van der Waals surface area contributed by atoms with E-state index in [0.717, 1.165) is 0 Å². The number of nitro benzene ring substituents is 1. The van der Waals surface area contributed by atoms with Gasteiger partial charge in [-0.25, -0.2) is 14.6 Å². The smallest absolute Gasteiger partial charge is 0.258 e. The molecule has 0 aliphatic carbocycles. The van der Waals surface area contributed by atoms with E-state index >= 15 is 0 Å². The first-order valence-electron chi connectivity index (χ1n) is 5.26. The fraction of sp³-hybridized carbons (Fsp3) is 0. The lowest BCUT2D eigenvalue weighted by Crippen LogP contribution is -1.95. The van der Waals surface area contributed by atoms with Crippen molar-refractivity contribution >= 4 is 28.3 Å². The van der Waals surface area contributed by atoms with Gasteiger partial charge in [0.2, 0.25) is 0 Å². The van der Waals surface area contributed by atoms with Crippen LogP contribution in [-0.4, -0.2) is 24.7 Å². The number of aromatic nitrogens is 4. The number of rotatable bonds is 2. The maximum atomic E-state index is 10.6. The van der Waals surface area contributed by atoms with Gasteiger partial charge in [0, 0.05) is 18.3 Å². The molecule has 8 heteroatoms. The normalized spacial score (nSPS) is 10.8. The fourth-order valence-corrected chi connectivity index (χ4v) is 1.85. The Balaban J connectivity index is 2.09. The summed E-state index contributed by atoms with van der Waals surface area (Å²) in [6.07, 6.45) is 3.01. The summed E-state index contributed by atoms with van der Waals surface area (Å²) in [5.74, 6) is 0. The molecule has 0 fully saturated rings. The van der Waals surface area contributed by atoms with Crippen LogP contribution in [0.15, 0.2) is 36.8 Å². The van der Waals surface area contributed by atoms with Crippen LogP contribution < -0.4 is 0 Å². The molecule has 0 bridgehead atoms. The Morgan fingerprint density at radius 2 is 1.95 bits per heavy atom. The van der Waals surface area contributed by atoms with Gasteiger partial charge in [-0.1, -0.05) is 11.6 Å². The van der Waals surface area contributed by atoms with Gasteiger partial charge < -0.3 is 0 Å². The van der Waals surface area contributed by atoms with Gasteiger partial charge >= 0.3 is 0 Å². The van der Waals surface area contributed by atoms with Crippen molar-refractivity contribution < 1.29 is 4.92 Å². The van der Waals surface area contributed by atoms with Crippen LogP contribution in [-0.2, 0) is 0 Å². The predicted octanol–water partition coefficient (Wildman–Crippen LogP) is 2.38. The monoisotopic (exact) mass is 275 g/mol. The molecule has 3 aromatic rings. The van der Waals surface area contributed by atoms with Crippen LogP contribution in [0.3, 0.4) is 0 Å². The summed E-state index contributed by atoms with van der Waals surface area (Å²) < 4.78 is 1.55. The van der Waals surface area contributed by atoms with Gasteiger partial charge in [-0.3, -0.25) is 10.1 Å². The molecule has 2 heterocycles. The molecule has 0 saturated heterocycles. The number of fused-ring (bicyclic) bond motifs is 1. The molecular weight excluding hydrogens is 270 g/mol. The Morgan fingerprint density at radius 1 is 1.21 bits per heavy atom. The maximum Gasteiger partial charge on any atom is 0.269 e. The van der Waals surface area contributed by atoms with E-state index in [9.17, 15) is 10.1 Å². The third kappa shape index (κ3) is 2.00. The number of hydrogen-bond donors (Lipinski definition) is 0. The minimum Gasteiger partial charge on any atom is -0.258 e. The minimum absolute atomic E-state index is 0.0262. The van der Waals surface area contributed by atoms with Crippen molar-refractivity contribution in [2.75, 3.05) is 0 Å². The molecule has 1 aromatic carbocycles. The van der Waals surface area contributed by atoms with E-state index in [1.165, 1.54) is 18.5 Å². The van der Waals surface area contributed by atoms with Crippen LogP contribution in [0.25, 0.3) is 16.7 Å². The van der Waals surface area contributed by atoms with Crippen molar-refractivity contribution in [2.45, 2.75) is 0 Å². The van der Waals surface area contributed by atoms with E-state index in [4.69, 9.17) is 11.6 Å². The minimum atomic E-state index is -0.453. The zero-order chi connectivity index (χ0) is 13.4. The zero-order valence-corrected chi connectivity index (χ0v) is 10.2. The second kappa shape index (κ2) is 4.29. The Morgan fingerprint density at radius 3 is 2.58 bits per heavy atom. The fourth-order valence-electron chi connectivity index (χ4n) is 1.67. The molecule has 7 nitrogen and oxygen atoms in total. The number of hydrogen-bond acceptors (Lipinski definition) is 5. The predicted molar refractivity (Wildman–Crippen MR) is 68.3 cm³/mol. The summed E-state index contributed by atoms with van der Waals surface area (Å²) in [7, 11) is 0. The lowest BCUT2D eigenvalue weighted by atomic mass is 10.3. The van der Waals surface area contributed by atoms with Crippen LogP contribution in [0, 0.1) is 10.1 Å². The standard InChI is InChI=1S/C11H6ClN5O2/c12-10-9-5-16(15-11(9)14-6-13-10)7-1-3-8(4-2-7)17(18)19/h1-6H. The Labute approximate surface area is 111 Å². The highest BCUT2D eigenvalue weighted by Gasteiger charge is 2.09. The van der Waals surface area contributed by atoms with Crippen molar-refractivity contribution in [3.05, 3.63) is 52.1 Å². The maximum absolute atomic E-state index is 10.6. The Bertz CT molecular complexity index is 768. The van der Waals surface area contributed by atoms with E-state index in [2.05, 4.69) is 15.1 Å². The third-order valence-electron chi connectivity index (χ3n) is 2.59. The number of halogens is 1. The summed E-state index contributed by atoms with van der Waals surface area (Å²) >= 11 is 5.93. The molecule has 0 amide bonds. The van der Waals surface area contributed by atoms with Gasteiger partial charge in [0.25, 0.3) is 5.69 Å². The van der Waals surface area contributed by atoms with Crippen LogP contribution in [0.1, 0.15) is 0 Å². The molecule has 19 heavy (non-hydrogen) atoms. The molecule has 0 saturated carbocycles. The quantitative estimate of drug-likeness (QED) is 0.407. The highest BCUT2D eigenvalue weighted by Crippen LogP contribution is 2.21. The van der Waals surface area contributed by atoms with E-state index in [-0.39, 0.29) is 5.69 Å². The SMILES string of the molecule is O=[N+]([O-])c1ccc(-n2cc3c(Cl)ncnc3n2)cc1. The first kappa shape index (κ1) is 11.5. The van der Waals surface area contributed by atoms with Crippen molar-refractivity contribution in [1.29, 1.82) is 0 Å². The second-order valence-electron chi connectivity index (χ2n) is 3.75. The third-order valence-corrected chi connectivity index (χ3v) is 2.89. The number of nitrogens with zero attached hydrogens (tertiary/aromatic N) is 5. The summed E-state index contributed by atoms with van der Waals surface area (Å²) in [6, 6.07) is 6.03. The molecule has 2 aromatic heterocycles. The summed E-state index contributed by atoms with van der Waals surface area (Å²) in [5.41, 5.74) is 1.18. The van der Waals surface area contributed by atoms with Crippen molar-refractivity contribution in [3.63, 3.8) is 0 Å². The van der Waals surface area contributed by atoms with Gasteiger partial charge in [0.15, 0.2) is 5.65 Å². The van der Waals surface area contributed by atoms with Crippen LogP contribution in [0.4, 0.5) is 5.69 Å². The average Bonchev–Trinajstić information content (AvgIpc) is 2.84. The molecule has 0 N–H and O–H groups in total. The molecule has 3 rings (SSSR count). The molecular formula is C11H6ClN5O2. The molecule has 94 valence electrons. The van der Waals surface area contributed by atoms with Gasteiger partial charge in [-0.15, -0.1) is 5.10 Å². The van der Waals surface area contributed by atoms with Crippen molar-refractivity contribution in [1.82, 2.24) is 19.7 Å². The zero-order valence-electron chi connectivity index (χ0n) is 9.39. The van der Waals surface area contributed by atoms with E-state index in [1.54, 1.807) is 23.0 Å². The van der Waals surface area contributed by atoms with Gasteiger partial charge in [-0.2, -0.15) is 0 Å². The molecule has 0 atom stereocenters. The topological polar surface area (TPSA) is 86.7 Å². The first-order chi connectivity index (χ1) is 9.15. The molecule has 0 unspecified atom stereocenters. The number of non-ortho nitro benzene ring substituents is 1. The summed E-state index contributed by atoms with van der Waals surface area (Å²) in [5, 5.41) is 15.8. The van der Waals surface area contributed by atoms with Crippen LogP contribution in [0.5, 0.6) is 0 Å². The Kier molecular flexibility index (Phi) is 2.60. The van der Waals surface area contributed by atoms with Crippen LogP contribution >= 0.6 is 11.6 Å².